The lowest BCUT2D eigenvalue weighted by Crippen LogP contribution is -2.46. The number of halogens is 2. The lowest BCUT2D eigenvalue weighted by Gasteiger charge is -2.18. The van der Waals surface area contributed by atoms with Gasteiger partial charge in [0.15, 0.2) is 6.61 Å². The Balaban J connectivity index is 2.57. The van der Waals surface area contributed by atoms with E-state index in [4.69, 9.17) is 33.0 Å². The first-order valence-corrected chi connectivity index (χ1v) is 6.67. The monoisotopic (exact) mass is 319 g/mol. The Hall–Kier alpha value is -1.46. The van der Waals surface area contributed by atoms with E-state index in [1.165, 1.54) is 12.1 Å². The zero-order valence-electron chi connectivity index (χ0n) is 11.0. The molecule has 1 unspecified atom stereocenters. The number of carboxylic acids is 1. The van der Waals surface area contributed by atoms with Crippen LogP contribution in [0, 0.1) is 5.92 Å². The summed E-state index contributed by atoms with van der Waals surface area (Å²) in [6, 6.07) is 3.65. The second kappa shape index (κ2) is 7.36. The summed E-state index contributed by atoms with van der Waals surface area (Å²) in [6.45, 7) is 3.09. The van der Waals surface area contributed by atoms with Crippen LogP contribution in [-0.2, 0) is 9.59 Å². The number of carboxylic acid groups (broad SMARTS) is 1. The van der Waals surface area contributed by atoms with E-state index in [0.717, 1.165) is 0 Å². The van der Waals surface area contributed by atoms with E-state index >= 15 is 0 Å². The zero-order chi connectivity index (χ0) is 15.3. The Morgan fingerprint density at radius 2 is 2.00 bits per heavy atom. The molecule has 0 saturated heterocycles. The number of hydrogen-bond acceptors (Lipinski definition) is 3. The molecule has 1 rings (SSSR count). The first kappa shape index (κ1) is 16.6. The fourth-order valence-electron chi connectivity index (χ4n) is 1.46. The Morgan fingerprint density at radius 1 is 1.35 bits per heavy atom. The number of ether oxygens (including phenoxy) is 1. The van der Waals surface area contributed by atoms with E-state index in [-0.39, 0.29) is 17.5 Å². The van der Waals surface area contributed by atoms with Crippen molar-refractivity contribution in [2.75, 3.05) is 6.61 Å². The van der Waals surface area contributed by atoms with E-state index in [0.29, 0.717) is 10.8 Å². The SMILES string of the molecule is CC(C)C(NC(=O)COc1ccc(Cl)cc1Cl)C(=O)O. The Morgan fingerprint density at radius 3 is 2.50 bits per heavy atom. The van der Waals surface area contributed by atoms with Gasteiger partial charge in [0.1, 0.15) is 11.8 Å². The summed E-state index contributed by atoms with van der Waals surface area (Å²) in [5, 5.41) is 12.1. The molecule has 1 amide bonds. The standard InChI is InChI=1S/C13H15Cl2NO4/c1-7(2)12(13(18)19)16-11(17)6-20-10-4-3-8(14)5-9(10)15/h3-5,7,12H,6H2,1-2H3,(H,16,17)(H,18,19). The average Bonchev–Trinajstić information content (AvgIpc) is 2.34. The highest BCUT2D eigenvalue weighted by Gasteiger charge is 2.23. The molecule has 0 aliphatic carbocycles. The first-order chi connectivity index (χ1) is 9.31. The molecule has 2 N–H and O–H groups in total. The van der Waals surface area contributed by atoms with Crippen LogP contribution >= 0.6 is 23.2 Å². The largest absolute Gasteiger partial charge is 0.482 e. The van der Waals surface area contributed by atoms with Gasteiger partial charge >= 0.3 is 5.97 Å². The molecule has 1 aromatic carbocycles. The topological polar surface area (TPSA) is 75.6 Å². The Kier molecular flexibility index (Phi) is 6.10. The summed E-state index contributed by atoms with van der Waals surface area (Å²) in [5.41, 5.74) is 0. The molecule has 0 heterocycles. The van der Waals surface area contributed by atoms with Crippen LogP contribution in [0.25, 0.3) is 0 Å². The van der Waals surface area contributed by atoms with Crippen molar-refractivity contribution in [1.82, 2.24) is 5.32 Å². The van der Waals surface area contributed by atoms with Gasteiger partial charge in [-0.1, -0.05) is 37.0 Å². The minimum Gasteiger partial charge on any atom is -0.482 e. The molecule has 0 fully saturated rings. The number of rotatable bonds is 6. The minimum absolute atomic E-state index is 0.226. The predicted molar refractivity (Wildman–Crippen MR) is 76.4 cm³/mol. The van der Waals surface area contributed by atoms with Gasteiger partial charge in [0.2, 0.25) is 0 Å². The van der Waals surface area contributed by atoms with Crippen molar-refractivity contribution in [1.29, 1.82) is 0 Å². The summed E-state index contributed by atoms with van der Waals surface area (Å²) in [7, 11) is 0. The lowest BCUT2D eigenvalue weighted by atomic mass is 10.1. The number of benzene rings is 1. The molecule has 0 bridgehead atoms. The zero-order valence-corrected chi connectivity index (χ0v) is 12.5. The molecule has 5 nitrogen and oxygen atoms in total. The maximum atomic E-state index is 11.6. The van der Waals surface area contributed by atoms with Crippen molar-refractivity contribution < 1.29 is 19.4 Å². The van der Waals surface area contributed by atoms with Crippen molar-refractivity contribution >= 4 is 35.1 Å². The lowest BCUT2D eigenvalue weighted by molar-refractivity contribution is -0.143. The van der Waals surface area contributed by atoms with Gasteiger partial charge in [0.05, 0.1) is 5.02 Å². The molecular formula is C13H15Cl2NO4. The summed E-state index contributed by atoms with van der Waals surface area (Å²) in [6.07, 6.45) is 0. The molecule has 0 aliphatic rings. The second-order valence-corrected chi connectivity index (χ2v) is 5.33. The number of carbonyl (C=O) groups excluding carboxylic acids is 1. The van der Waals surface area contributed by atoms with Gasteiger partial charge in [0.25, 0.3) is 5.91 Å². The highest BCUT2D eigenvalue weighted by atomic mass is 35.5. The third-order valence-corrected chi connectivity index (χ3v) is 3.03. The summed E-state index contributed by atoms with van der Waals surface area (Å²) >= 11 is 11.6. The molecular weight excluding hydrogens is 305 g/mol. The fraction of sp³-hybridized carbons (Fsp3) is 0.385. The Labute approximate surface area is 126 Å². The van der Waals surface area contributed by atoms with Crippen molar-refractivity contribution in [3.8, 4) is 5.75 Å². The highest BCUT2D eigenvalue weighted by molar-refractivity contribution is 6.35. The minimum atomic E-state index is -1.09. The second-order valence-electron chi connectivity index (χ2n) is 4.49. The maximum absolute atomic E-state index is 11.6. The molecule has 0 saturated carbocycles. The molecule has 0 aromatic heterocycles. The fourth-order valence-corrected chi connectivity index (χ4v) is 1.93. The third-order valence-electron chi connectivity index (χ3n) is 2.50. The van der Waals surface area contributed by atoms with Crippen LogP contribution in [0.1, 0.15) is 13.8 Å². The van der Waals surface area contributed by atoms with Gasteiger partial charge in [-0.25, -0.2) is 4.79 Å². The van der Waals surface area contributed by atoms with Gasteiger partial charge in [-0.3, -0.25) is 4.79 Å². The first-order valence-electron chi connectivity index (χ1n) is 5.91. The molecule has 0 spiro atoms. The number of amides is 1. The number of aliphatic carboxylic acids is 1. The van der Waals surface area contributed by atoms with Crippen LogP contribution in [0.3, 0.4) is 0 Å². The molecule has 7 heteroatoms. The maximum Gasteiger partial charge on any atom is 0.326 e. The van der Waals surface area contributed by atoms with Crippen molar-refractivity contribution in [3.63, 3.8) is 0 Å². The molecule has 1 atom stereocenters. The molecule has 20 heavy (non-hydrogen) atoms. The van der Waals surface area contributed by atoms with Crippen LogP contribution in [0.5, 0.6) is 5.75 Å². The number of nitrogens with one attached hydrogen (secondary N) is 1. The molecule has 1 aromatic rings. The van der Waals surface area contributed by atoms with Crippen LogP contribution in [0.4, 0.5) is 0 Å². The van der Waals surface area contributed by atoms with Crippen molar-refractivity contribution in [2.24, 2.45) is 5.92 Å². The van der Waals surface area contributed by atoms with Gasteiger partial charge in [-0.15, -0.1) is 0 Å². The van der Waals surface area contributed by atoms with E-state index in [1.807, 2.05) is 0 Å². The van der Waals surface area contributed by atoms with Gasteiger partial charge in [-0.05, 0) is 24.1 Å². The van der Waals surface area contributed by atoms with Gasteiger partial charge in [0, 0.05) is 5.02 Å². The van der Waals surface area contributed by atoms with Crippen LogP contribution < -0.4 is 10.1 Å². The quantitative estimate of drug-likeness (QED) is 0.845. The highest BCUT2D eigenvalue weighted by Crippen LogP contribution is 2.27. The number of hydrogen-bond donors (Lipinski definition) is 2. The van der Waals surface area contributed by atoms with E-state index in [1.54, 1.807) is 19.9 Å². The smallest absolute Gasteiger partial charge is 0.326 e. The predicted octanol–water partition coefficient (Wildman–Crippen LogP) is 2.60. The van der Waals surface area contributed by atoms with Crippen molar-refractivity contribution in [3.05, 3.63) is 28.2 Å². The molecule has 0 radical (unpaired) electrons. The summed E-state index contributed by atoms with van der Waals surface area (Å²) in [5.74, 6) is -1.53. The normalized spacial score (nSPS) is 12.1. The van der Waals surface area contributed by atoms with Gasteiger partial charge < -0.3 is 15.2 Å². The third kappa shape index (κ3) is 4.90. The van der Waals surface area contributed by atoms with Crippen LogP contribution in [0.2, 0.25) is 10.0 Å². The van der Waals surface area contributed by atoms with Crippen molar-refractivity contribution in [2.45, 2.75) is 19.9 Å². The van der Waals surface area contributed by atoms with E-state index < -0.39 is 17.9 Å². The van der Waals surface area contributed by atoms with E-state index in [2.05, 4.69) is 5.32 Å². The summed E-state index contributed by atoms with van der Waals surface area (Å²) in [4.78, 5) is 22.6. The van der Waals surface area contributed by atoms with Crippen LogP contribution in [0.15, 0.2) is 18.2 Å². The van der Waals surface area contributed by atoms with Gasteiger partial charge in [-0.2, -0.15) is 0 Å². The van der Waals surface area contributed by atoms with Crippen LogP contribution in [-0.4, -0.2) is 29.6 Å². The molecule has 110 valence electrons. The average molecular weight is 320 g/mol. The summed E-state index contributed by atoms with van der Waals surface area (Å²) < 4.78 is 5.22. The number of carbonyl (C=O) groups is 2. The Bertz CT molecular complexity index is 505. The van der Waals surface area contributed by atoms with E-state index in [9.17, 15) is 9.59 Å². The molecule has 0 aliphatic heterocycles.